The molecule has 0 atom stereocenters. The molecule has 2 aromatic rings. The lowest BCUT2D eigenvalue weighted by Gasteiger charge is -2.14. The van der Waals surface area contributed by atoms with Crippen molar-refractivity contribution in [3.63, 3.8) is 0 Å². The van der Waals surface area contributed by atoms with Crippen LogP contribution in [0.5, 0.6) is 5.75 Å². The molecule has 0 aliphatic rings. The normalized spacial score (nSPS) is 11.4. The van der Waals surface area contributed by atoms with Crippen LogP contribution in [0.1, 0.15) is 11.1 Å². The Morgan fingerprint density at radius 2 is 1.68 bits per heavy atom. The Bertz CT molecular complexity index is 552. The monoisotopic (exact) mass is 286 g/mol. The molecule has 0 N–H and O–H groups in total. The molecule has 0 bridgehead atoms. The minimum Gasteiger partial charge on any atom is -0.489 e. The highest BCUT2D eigenvalue weighted by molar-refractivity contribution is 6.30. The highest BCUT2D eigenvalue weighted by Crippen LogP contribution is 2.33. The molecule has 5 heteroatoms. The fraction of sp³-hybridized carbons (Fsp3) is 0.143. The average molecular weight is 287 g/mol. The number of para-hydroxylation sites is 1. The highest BCUT2D eigenvalue weighted by atomic mass is 35.5. The van der Waals surface area contributed by atoms with Gasteiger partial charge < -0.3 is 4.74 Å². The van der Waals surface area contributed by atoms with Gasteiger partial charge in [-0.05, 0) is 30.3 Å². The molecule has 2 rings (SSSR count). The Hall–Kier alpha value is -1.68. The quantitative estimate of drug-likeness (QED) is 0.777. The number of ether oxygens (including phenoxy) is 1. The fourth-order valence-corrected chi connectivity index (χ4v) is 1.83. The zero-order chi connectivity index (χ0) is 13.9. The smallest absolute Gasteiger partial charge is 0.416 e. The molecule has 0 unspecified atom stereocenters. The topological polar surface area (TPSA) is 9.23 Å². The van der Waals surface area contributed by atoms with Crippen LogP contribution in [0.4, 0.5) is 13.2 Å². The van der Waals surface area contributed by atoms with Gasteiger partial charge >= 0.3 is 6.18 Å². The Kier molecular flexibility index (Phi) is 4.00. The summed E-state index contributed by atoms with van der Waals surface area (Å²) in [5, 5.41) is 0.250. The third-order valence-corrected chi connectivity index (χ3v) is 2.75. The number of halogens is 4. The van der Waals surface area contributed by atoms with E-state index in [9.17, 15) is 13.2 Å². The summed E-state index contributed by atoms with van der Waals surface area (Å²) in [7, 11) is 0. The van der Waals surface area contributed by atoms with Gasteiger partial charge in [0.1, 0.15) is 12.4 Å². The molecule has 0 aliphatic heterocycles. The molecule has 19 heavy (non-hydrogen) atoms. The van der Waals surface area contributed by atoms with Gasteiger partial charge in [-0.25, -0.2) is 0 Å². The van der Waals surface area contributed by atoms with Crippen molar-refractivity contribution in [2.24, 2.45) is 0 Å². The van der Waals surface area contributed by atoms with Gasteiger partial charge in [0.25, 0.3) is 0 Å². The van der Waals surface area contributed by atoms with Crippen molar-refractivity contribution >= 4 is 11.6 Å². The van der Waals surface area contributed by atoms with E-state index in [1.165, 1.54) is 12.1 Å². The summed E-state index contributed by atoms with van der Waals surface area (Å²) < 4.78 is 43.7. The van der Waals surface area contributed by atoms with E-state index in [-0.39, 0.29) is 17.2 Å². The van der Waals surface area contributed by atoms with Crippen LogP contribution in [-0.2, 0) is 12.8 Å². The molecule has 0 aliphatic carbocycles. The van der Waals surface area contributed by atoms with Crippen LogP contribution in [0.15, 0.2) is 48.5 Å². The van der Waals surface area contributed by atoms with Gasteiger partial charge in [-0.15, -0.1) is 0 Å². The summed E-state index contributed by atoms with van der Waals surface area (Å²) in [4.78, 5) is 0. The van der Waals surface area contributed by atoms with Crippen molar-refractivity contribution in [1.82, 2.24) is 0 Å². The summed E-state index contributed by atoms with van der Waals surface area (Å²) in [6.07, 6.45) is -4.42. The predicted molar refractivity (Wildman–Crippen MR) is 67.2 cm³/mol. The molecule has 0 aromatic heterocycles. The third kappa shape index (κ3) is 3.64. The summed E-state index contributed by atoms with van der Waals surface area (Å²) in [5.74, 6) is 0.510. The zero-order valence-corrected chi connectivity index (χ0v) is 10.5. The molecule has 2 aromatic carbocycles. The Labute approximate surface area is 113 Å². The minimum atomic E-state index is -4.42. The second-order valence-corrected chi connectivity index (χ2v) is 4.34. The number of hydrogen-bond donors (Lipinski definition) is 0. The van der Waals surface area contributed by atoms with Crippen LogP contribution in [0, 0.1) is 0 Å². The second-order valence-electron chi connectivity index (χ2n) is 3.90. The lowest BCUT2D eigenvalue weighted by molar-refractivity contribution is -0.138. The first-order valence-electron chi connectivity index (χ1n) is 5.50. The highest BCUT2D eigenvalue weighted by Gasteiger charge is 2.33. The van der Waals surface area contributed by atoms with Gasteiger partial charge in [0.15, 0.2) is 0 Å². The van der Waals surface area contributed by atoms with Crippen molar-refractivity contribution in [2.75, 3.05) is 0 Å². The summed E-state index contributed by atoms with van der Waals surface area (Å²) in [6.45, 7) is -0.181. The van der Waals surface area contributed by atoms with E-state index in [1.807, 2.05) is 0 Å². The van der Waals surface area contributed by atoms with E-state index < -0.39 is 11.7 Å². The van der Waals surface area contributed by atoms with Crippen molar-refractivity contribution < 1.29 is 17.9 Å². The first kappa shape index (κ1) is 13.7. The lowest BCUT2D eigenvalue weighted by Crippen LogP contribution is -2.10. The van der Waals surface area contributed by atoms with Gasteiger partial charge in [0.2, 0.25) is 0 Å². The minimum absolute atomic E-state index is 0.0175. The van der Waals surface area contributed by atoms with Gasteiger partial charge in [0.05, 0.1) is 5.56 Å². The number of hydrogen-bond acceptors (Lipinski definition) is 1. The zero-order valence-electron chi connectivity index (χ0n) is 9.75. The van der Waals surface area contributed by atoms with E-state index in [2.05, 4.69) is 0 Å². The molecule has 1 nitrogen and oxygen atoms in total. The predicted octanol–water partition coefficient (Wildman–Crippen LogP) is 4.94. The fourth-order valence-electron chi connectivity index (χ4n) is 1.64. The van der Waals surface area contributed by atoms with Crippen LogP contribution in [-0.4, -0.2) is 0 Å². The maximum Gasteiger partial charge on any atom is 0.416 e. The van der Waals surface area contributed by atoms with Crippen LogP contribution in [0.25, 0.3) is 0 Å². The Morgan fingerprint density at radius 3 is 2.32 bits per heavy atom. The average Bonchev–Trinajstić information content (AvgIpc) is 2.36. The molecule has 0 fully saturated rings. The van der Waals surface area contributed by atoms with Crippen LogP contribution < -0.4 is 4.74 Å². The van der Waals surface area contributed by atoms with Crippen molar-refractivity contribution in [2.45, 2.75) is 12.8 Å². The van der Waals surface area contributed by atoms with Gasteiger partial charge in [0, 0.05) is 10.6 Å². The maximum atomic E-state index is 12.8. The largest absolute Gasteiger partial charge is 0.489 e. The Balaban J connectivity index is 2.22. The molecule has 0 saturated heterocycles. The maximum absolute atomic E-state index is 12.8. The molecule has 0 radical (unpaired) electrons. The van der Waals surface area contributed by atoms with Crippen LogP contribution in [0.2, 0.25) is 5.02 Å². The molecule has 0 spiro atoms. The third-order valence-electron chi connectivity index (χ3n) is 2.51. The van der Waals surface area contributed by atoms with Gasteiger partial charge in [-0.2, -0.15) is 13.2 Å². The SMILES string of the molecule is FC(F)(F)c1ccc(Cl)cc1COc1ccccc1. The Morgan fingerprint density at radius 1 is 1.00 bits per heavy atom. The van der Waals surface area contributed by atoms with Gasteiger partial charge in [-0.3, -0.25) is 0 Å². The second kappa shape index (κ2) is 5.53. The molecule has 0 saturated carbocycles. The van der Waals surface area contributed by atoms with Gasteiger partial charge in [-0.1, -0.05) is 29.8 Å². The van der Waals surface area contributed by atoms with E-state index in [0.717, 1.165) is 6.07 Å². The first-order chi connectivity index (χ1) is 8.97. The summed E-state index contributed by atoms with van der Waals surface area (Å²) >= 11 is 5.73. The van der Waals surface area contributed by atoms with Crippen molar-refractivity contribution in [3.8, 4) is 5.75 Å². The van der Waals surface area contributed by atoms with Crippen LogP contribution >= 0.6 is 11.6 Å². The van der Waals surface area contributed by atoms with E-state index in [4.69, 9.17) is 16.3 Å². The lowest BCUT2D eigenvalue weighted by atomic mass is 10.1. The van der Waals surface area contributed by atoms with E-state index in [1.54, 1.807) is 30.3 Å². The molecule has 0 amide bonds. The summed E-state index contributed by atoms with van der Waals surface area (Å²) in [6, 6.07) is 12.1. The number of benzene rings is 2. The van der Waals surface area contributed by atoms with E-state index >= 15 is 0 Å². The molecular weight excluding hydrogens is 277 g/mol. The van der Waals surface area contributed by atoms with E-state index in [0.29, 0.717) is 5.75 Å². The molecule has 0 heterocycles. The first-order valence-corrected chi connectivity index (χ1v) is 5.88. The van der Waals surface area contributed by atoms with Crippen molar-refractivity contribution in [3.05, 3.63) is 64.7 Å². The van der Waals surface area contributed by atoms with Crippen LogP contribution in [0.3, 0.4) is 0 Å². The summed E-state index contributed by atoms with van der Waals surface area (Å²) in [5.41, 5.74) is -0.711. The number of alkyl halides is 3. The molecule has 100 valence electrons. The standard InChI is InChI=1S/C14H10ClF3O/c15-11-6-7-13(14(16,17)18)10(8-11)9-19-12-4-2-1-3-5-12/h1-8H,9H2. The molecular formula is C14H10ClF3O. The number of rotatable bonds is 3. The van der Waals surface area contributed by atoms with Crippen molar-refractivity contribution in [1.29, 1.82) is 0 Å².